The van der Waals surface area contributed by atoms with Crippen LogP contribution in [-0.2, 0) is 24.5 Å². The number of nitriles is 1. The highest BCUT2D eigenvalue weighted by molar-refractivity contribution is 6.31. The highest BCUT2D eigenvalue weighted by atomic mass is 35.5. The number of halogens is 4. The van der Waals surface area contributed by atoms with Crippen LogP contribution in [0, 0.1) is 28.4 Å². The molecule has 13 heteroatoms. The third-order valence-electron chi connectivity index (χ3n) is 7.96. The van der Waals surface area contributed by atoms with E-state index < -0.39 is 77.4 Å². The summed E-state index contributed by atoms with van der Waals surface area (Å²) >= 11 is 12.2. The third-order valence-corrected chi connectivity index (χ3v) is 8.49. The maximum absolute atomic E-state index is 15.9. The summed E-state index contributed by atoms with van der Waals surface area (Å²) in [6, 6.07) is 15.3. The second-order valence-corrected chi connectivity index (χ2v) is 12.5. The van der Waals surface area contributed by atoms with Crippen molar-refractivity contribution >= 4 is 41.0 Å². The van der Waals surface area contributed by atoms with Crippen LogP contribution in [0.25, 0.3) is 0 Å². The van der Waals surface area contributed by atoms with Gasteiger partial charge in [-0.15, -0.1) is 0 Å². The molecule has 1 fully saturated rings. The van der Waals surface area contributed by atoms with Gasteiger partial charge in [-0.05, 0) is 56.2 Å². The van der Waals surface area contributed by atoms with Gasteiger partial charge < -0.3 is 20.3 Å². The van der Waals surface area contributed by atoms with E-state index in [-0.39, 0.29) is 33.3 Å². The summed E-state index contributed by atoms with van der Waals surface area (Å²) in [7, 11) is 0. The minimum absolute atomic E-state index is 0.0218. The van der Waals surface area contributed by atoms with Crippen LogP contribution in [0.2, 0.25) is 10.0 Å². The van der Waals surface area contributed by atoms with Gasteiger partial charge in [0.1, 0.15) is 35.4 Å². The summed E-state index contributed by atoms with van der Waals surface area (Å²) in [6.45, 7) is 2.46. The molecule has 0 unspecified atom stereocenters. The fourth-order valence-corrected chi connectivity index (χ4v) is 6.15. The van der Waals surface area contributed by atoms with Crippen molar-refractivity contribution in [2.24, 2.45) is 11.1 Å². The molecule has 0 bridgehead atoms. The van der Waals surface area contributed by atoms with Gasteiger partial charge >= 0.3 is 11.9 Å². The number of aliphatic hydroxyl groups is 1. The van der Waals surface area contributed by atoms with Gasteiger partial charge in [-0.3, -0.25) is 19.7 Å². The quantitative estimate of drug-likeness (QED) is 0.191. The van der Waals surface area contributed by atoms with E-state index in [0.717, 1.165) is 6.07 Å². The third kappa shape index (κ3) is 7.16. The van der Waals surface area contributed by atoms with Crippen LogP contribution in [0.4, 0.5) is 8.78 Å². The van der Waals surface area contributed by atoms with Crippen molar-refractivity contribution in [3.8, 4) is 11.8 Å². The van der Waals surface area contributed by atoms with E-state index in [9.17, 15) is 24.8 Å². The topological polar surface area (TPSA) is 152 Å². The van der Waals surface area contributed by atoms with Gasteiger partial charge in [-0.2, -0.15) is 5.26 Å². The number of ether oxygens (including phenoxy) is 2. The minimum atomic E-state index is -2.07. The Morgan fingerprint density at radius 3 is 2.43 bits per heavy atom. The van der Waals surface area contributed by atoms with Gasteiger partial charge in [0.2, 0.25) is 5.91 Å². The Hall–Kier alpha value is -4.08. The molecule has 1 aliphatic rings. The van der Waals surface area contributed by atoms with Crippen molar-refractivity contribution in [3.05, 3.63) is 99.5 Å². The first-order valence-corrected chi connectivity index (χ1v) is 14.9. The molecule has 5 atom stereocenters. The Morgan fingerprint density at radius 1 is 1.11 bits per heavy atom. The number of rotatable bonds is 11. The van der Waals surface area contributed by atoms with Crippen molar-refractivity contribution < 1.29 is 37.7 Å². The fraction of sp³-hybridized carbons (Fsp3) is 0.333. The van der Waals surface area contributed by atoms with Crippen LogP contribution in [0.15, 0.2) is 66.7 Å². The predicted molar refractivity (Wildman–Crippen MR) is 165 cm³/mol. The molecule has 4 N–H and O–H groups in total. The molecular weight excluding hydrogens is 643 g/mol. The monoisotopic (exact) mass is 673 g/mol. The number of hydrogen-bond donors (Lipinski definition) is 3. The van der Waals surface area contributed by atoms with Gasteiger partial charge in [-0.1, -0.05) is 59.6 Å². The van der Waals surface area contributed by atoms with E-state index in [1.807, 2.05) is 0 Å². The van der Waals surface area contributed by atoms with Crippen LogP contribution in [0.1, 0.15) is 43.7 Å². The minimum Gasteiger partial charge on any atom is -0.462 e. The Balaban J connectivity index is 1.87. The number of aliphatic hydroxyl groups excluding tert-OH is 1. The molecule has 242 valence electrons. The number of para-hydroxylation sites is 1. The lowest BCUT2D eigenvalue weighted by molar-refractivity contribution is -0.150. The lowest BCUT2D eigenvalue weighted by Gasteiger charge is -2.37. The summed E-state index contributed by atoms with van der Waals surface area (Å²) in [5, 5.41) is 23.8. The van der Waals surface area contributed by atoms with Gasteiger partial charge in [0, 0.05) is 22.5 Å². The first kappa shape index (κ1) is 34.8. The maximum atomic E-state index is 15.9. The molecule has 0 radical (unpaired) electrons. The first-order chi connectivity index (χ1) is 21.7. The Bertz CT molecular complexity index is 1670. The molecule has 3 aromatic carbocycles. The first-order valence-electron chi connectivity index (χ1n) is 14.2. The molecule has 3 aromatic rings. The van der Waals surface area contributed by atoms with E-state index in [2.05, 4.69) is 11.4 Å². The van der Waals surface area contributed by atoms with Crippen molar-refractivity contribution in [1.82, 2.24) is 5.32 Å². The highest BCUT2D eigenvalue weighted by Crippen LogP contribution is 2.53. The fourth-order valence-electron chi connectivity index (χ4n) is 5.81. The zero-order valence-corrected chi connectivity index (χ0v) is 26.3. The molecule has 4 rings (SSSR count). The second kappa shape index (κ2) is 14.1. The second-order valence-electron chi connectivity index (χ2n) is 11.7. The highest BCUT2D eigenvalue weighted by Gasteiger charge is 2.62. The average Bonchev–Trinajstić information content (AvgIpc) is 3.31. The summed E-state index contributed by atoms with van der Waals surface area (Å²) in [6.07, 6.45) is -2.15. The number of carbonyl (C=O) groups excluding carboxylic acids is 3. The molecule has 46 heavy (non-hydrogen) atoms. The smallest absolute Gasteiger partial charge is 0.323 e. The molecule has 1 amide bonds. The van der Waals surface area contributed by atoms with Crippen LogP contribution in [-0.4, -0.2) is 47.7 Å². The summed E-state index contributed by atoms with van der Waals surface area (Å²) in [5.41, 5.74) is 1.26. The van der Waals surface area contributed by atoms with Crippen molar-refractivity contribution in [2.75, 3.05) is 6.61 Å². The van der Waals surface area contributed by atoms with Gasteiger partial charge in [0.05, 0.1) is 29.0 Å². The molecule has 1 aliphatic heterocycles. The number of amides is 1. The van der Waals surface area contributed by atoms with E-state index in [0.29, 0.717) is 0 Å². The standard InChI is InChI=1S/C33H31Cl2F2N3O6/c1-32(2,31(44)46-20-7-4-3-5-8-20)15-25-33(17-38,22-12-11-18(34)13-24(22)36)27(21-9-6-10-23(35)28(21)37)29(40-25)30(43)45-16-19(41)14-26(39)42/h3-13,19,25,27,29,40-41H,14-16H2,1-2H3,(H2,39,42)/t19-,25-,27-,29+,33-/m0/s1. The summed E-state index contributed by atoms with van der Waals surface area (Å²) < 4.78 is 42.6. The zero-order valence-electron chi connectivity index (χ0n) is 24.8. The van der Waals surface area contributed by atoms with Crippen LogP contribution < -0.4 is 15.8 Å². The average molecular weight is 675 g/mol. The number of hydrogen-bond acceptors (Lipinski definition) is 8. The van der Waals surface area contributed by atoms with Crippen molar-refractivity contribution in [3.63, 3.8) is 0 Å². The van der Waals surface area contributed by atoms with E-state index in [1.165, 1.54) is 30.3 Å². The van der Waals surface area contributed by atoms with E-state index in [4.69, 9.17) is 38.4 Å². The number of carbonyl (C=O) groups is 3. The van der Waals surface area contributed by atoms with Crippen molar-refractivity contribution in [1.29, 1.82) is 5.26 Å². The normalized spacial score (nSPS) is 21.7. The van der Waals surface area contributed by atoms with E-state index >= 15 is 8.78 Å². The van der Waals surface area contributed by atoms with Gasteiger partial charge in [0.15, 0.2) is 0 Å². The largest absolute Gasteiger partial charge is 0.462 e. The number of nitrogens with one attached hydrogen (secondary N) is 1. The molecular formula is C33H31Cl2F2N3O6. The molecule has 0 aliphatic carbocycles. The number of primary amides is 1. The number of benzene rings is 3. The van der Waals surface area contributed by atoms with Crippen LogP contribution in [0.5, 0.6) is 5.75 Å². The van der Waals surface area contributed by atoms with E-state index in [1.54, 1.807) is 44.2 Å². The lowest BCUT2D eigenvalue weighted by Crippen LogP contribution is -2.47. The Labute approximate surface area is 274 Å². The van der Waals surface area contributed by atoms with Gasteiger partial charge in [0.25, 0.3) is 0 Å². The summed E-state index contributed by atoms with van der Waals surface area (Å²) in [5.74, 6) is -5.66. The zero-order chi connectivity index (χ0) is 33.8. The number of esters is 2. The molecule has 0 saturated carbocycles. The summed E-state index contributed by atoms with van der Waals surface area (Å²) in [4.78, 5) is 38.4. The number of nitrogens with two attached hydrogens (primary N) is 1. The lowest BCUT2D eigenvalue weighted by atomic mass is 9.62. The maximum Gasteiger partial charge on any atom is 0.323 e. The molecule has 9 nitrogen and oxygen atoms in total. The Kier molecular flexibility index (Phi) is 10.7. The number of nitrogens with zero attached hydrogens (tertiary/aromatic N) is 1. The molecule has 1 saturated heterocycles. The Morgan fingerprint density at radius 2 is 1.80 bits per heavy atom. The SMILES string of the molecule is CC(C)(C[C@@H]1N[C@@H](C(=O)OC[C@@H](O)CC(N)=O)[C@H](c2cccc(Cl)c2F)[C@@]1(C#N)c1ccc(Cl)cc1F)C(=O)Oc1ccccc1. The van der Waals surface area contributed by atoms with Gasteiger partial charge in [-0.25, -0.2) is 8.78 Å². The molecule has 1 heterocycles. The molecule has 0 spiro atoms. The van der Waals surface area contributed by atoms with Crippen LogP contribution in [0.3, 0.4) is 0 Å². The van der Waals surface area contributed by atoms with Crippen LogP contribution >= 0.6 is 23.2 Å². The van der Waals surface area contributed by atoms with Crippen molar-refractivity contribution in [2.45, 2.75) is 56.2 Å². The molecule has 0 aromatic heterocycles. The predicted octanol–water partition coefficient (Wildman–Crippen LogP) is 4.96.